The monoisotopic (exact) mass is 517 g/mol. The van der Waals surface area contributed by atoms with Crippen molar-refractivity contribution >= 4 is 35.6 Å². The molecule has 0 spiro atoms. The number of aromatic nitrogens is 3. The van der Waals surface area contributed by atoms with Crippen LogP contribution >= 0.6 is 24.0 Å². The Labute approximate surface area is 186 Å². The fourth-order valence-electron chi connectivity index (χ4n) is 3.13. The number of aryl methyl sites for hydroxylation is 1. The first-order valence-electron chi connectivity index (χ1n) is 9.19. The molecule has 2 N–H and O–H groups in total. The van der Waals surface area contributed by atoms with Crippen molar-refractivity contribution in [1.29, 1.82) is 0 Å². The van der Waals surface area contributed by atoms with Gasteiger partial charge < -0.3 is 20.1 Å². The average molecular weight is 517 g/mol. The quantitative estimate of drug-likeness (QED) is 0.267. The Kier molecular flexibility index (Phi) is 8.35. The molecule has 0 amide bonds. The summed E-state index contributed by atoms with van der Waals surface area (Å²) in [5.74, 6) is 1.08. The summed E-state index contributed by atoms with van der Waals surface area (Å²) in [6.45, 7) is 7.54. The van der Waals surface area contributed by atoms with Crippen LogP contribution in [0.3, 0.4) is 0 Å². The zero-order chi connectivity index (χ0) is 20.1. The van der Waals surface area contributed by atoms with E-state index in [1.54, 1.807) is 11.0 Å². The second-order valence-corrected chi connectivity index (χ2v) is 6.70. The molecule has 1 aliphatic rings. The Hall–Kier alpha value is -2.24. The summed E-state index contributed by atoms with van der Waals surface area (Å²) < 4.78 is 30.0. The number of anilines is 1. The molecule has 0 saturated carbocycles. The number of aliphatic imine (C=N–C) groups is 1. The molecule has 1 aliphatic heterocycles. The van der Waals surface area contributed by atoms with Gasteiger partial charge in [-0.1, -0.05) is 12.1 Å². The molecule has 0 radical (unpaired) electrons. The van der Waals surface area contributed by atoms with E-state index in [-0.39, 0.29) is 35.7 Å². The predicted molar refractivity (Wildman–Crippen MR) is 121 cm³/mol. The van der Waals surface area contributed by atoms with Crippen molar-refractivity contribution in [2.24, 2.45) is 12.0 Å². The summed E-state index contributed by atoms with van der Waals surface area (Å²) in [5.41, 5.74) is 0.0268. The van der Waals surface area contributed by atoms with E-state index in [4.69, 9.17) is 0 Å². The van der Waals surface area contributed by atoms with Gasteiger partial charge >= 0.3 is 0 Å². The minimum absolute atomic E-state index is 0. The molecule has 3 rings (SSSR count). The van der Waals surface area contributed by atoms with E-state index in [1.165, 1.54) is 18.2 Å². The molecule has 10 heteroatoms. The van der Waals surface area contributed by atoms with E-state index < -0.39 is 11.6 Å². The molecule has 7 nitrogen and oxygen atoms in total. The molecular formula is C19H26F2IN7. The van der Waals surface area contributed by atoms with E-state index >= 15 is 0 Å². The number of nitrogens with zero attached hydrogens (tertiary/aromatic N) is 5. The molecule has 0 bridgehead atoms. The molecule has 1 unspecified atom stereocenters. The number of nitrogens with one attached hydrogen (secondary N) is 2. The van der Waals surface area contributed by atoms with Crippen LogP contribution in [0, 0.1) is 18.6 Å². The van der Waals surface area contributed by atoms with Crippen LogP contribution in [0.2, 0.25) is 0 Å². The number of halogens is 3. The standard InChI is InChI=1S/C19H25F2N7.HI/c1-4-9-22-19(23-11-17-26-25-13(2)27(17)3)24-14-8-10-28(12-14)18-15(20)6-5-7-16(18)21;/h4-7,14H,1,8-12H2,2-3H3,(H2,22,23,24);1H. The SMILES string of the molecule is C=CCNC(=NCc1nnc(C)n1C)NC1CCN(c2c(F)cccc2F)C1.I. The molecule has 2 aromatic rings. The summed E-state index contributed by atoms with van der Waals surface area (Å²) in [7, 11) is 1.89. The highest BCUT2D eigenvalue weighted by atomic mass is 127. The van der Waals surface area contributed by atoms with Crippen LogP contribution in [0.15, 0.2) is 35.8 Å². The van der Waals surface area contributed by atoms with Gasteiger partial charge in [-0.05, 0) is 25.5 Å². The zero-order valence-corrected chi connectivity index (χ0v) is 18.9. The normalized spacial score (nSPS) is 16.5. The second kappa shape index (κ2) is 10.5. The van der Waals surface area contributed by atoms with E-state index in [0.29, 0.717) is 32.1 Å². The van der Waals surface area contributed by atoms with Crippen molar-refractivity contribution in [3.05, 3.63) is 54.1 Å². The summed E-state index contributed by atoms with van der Waals surface area (Å²) in [5, 5.41) is 14.6. The van der Waals surface area contributed by atoms with Gasteiger partial charge in [0.15, 0.2) is 11.8 Å². The van der Waals surface area contributed by atoms with Crippen LogP contribution in [0.1, 0.15) is 18.1 Å². The summed E-state index contributed by atoms with van der Waals surface area (Å²) in [6, 6.07) is 3.94. The lowest BCUT2D eigenvalue weighted by molar-refractivity contribution is 0.576. The lowest BCUT2D eigenvalue weighted by Crippen LogP contribution is -2.44. The first-order valence-corrected chi connectivity index (χ1v) is 9.19. The lowest BCUT2D eigenvalue weighted by atomic mass is 10.2. The maximum absolute atomic E-state index is 14.0. The van der Waals surface area contributed by atoms with E-state index in [1.807, 2.05) is 18.5 Å². The molecule has 29 heavy (non-hydrogen) atoms. The van der Waals surface area contributed by atoms with Gasteiger partial charge in [-0.15, -0.1) is 40.8 Å². The number of para-hydroxylation sites is 1. The topological polar surface area (TPSA) is 70.4 Å². The third-order valence-electron chi connectivity index (χ3n) is 4.76. The lowest BCUT2D eigenvalue weighted by Gasteiger charge is -2.21. The maximum atomic E-state index is 14.0. The Morgan fingerprint density at radius 1 is 1.34 bits per heavy atom. The van der Waals surface area contributed by atoms with Gasteiger partial charge in [-0.25, -0.2) is 13.8 Å². The Morgan fingerprint density at radius 2 is 2.07 bits per heavy atom. The van der Waals surface area contributed by atoms with Gasteiger partial charge in [0.25, 0.3) is 0 Å². The molecule has 1 aromatic heterocycles. The van der Waals surface area contributed by atoms with Crippen molar-refractivity contribution in [2.45, 2.75) is 25.9 Å². The van der Waals surface area contributed by atoms with Gasteiger partial charge in [-0.2, -0.15) is 0 Å². The second-order valence-electron chi connectivity index (χ2n) is 6.70. The Morgan fingerprint density at radius 3 is 2.69 bits per heavy atom. The van der Waals surface area contributed by atoms with Crippen LogP contribution < -0.4 is 15.5 Å². The number of hydrogen-bond acceptors (Lipinski definition) is 4. The highest BCUT2D eigenvalue weighted by Crippen LogP contribution is 2.26. The van der Waals surface area contributed by atoms with Crippen LogP contribution in [-0.4, -0.2) is 46.4 Å². The minimum Gasteiger partial charge on any atom is -0.365 e. The first kappa shape index (κ1) is 23.0. The van der Waals surface area contributed by atoms with Crippen LogP contribution in [-0.2, 0) is 13.6 Å². The maximum Gasteiger partial charge on any atom is 0.192 e. The average Bonchev–Trinajstić information content (AvgIpc) is 3.25. The largest absolute Gasteiger partial charge is 0.365 e. The summed E-state index contributed by atoms with van der Waals surface area (Å²) in [4.78, 5) is 6.28. The smallest absolute Gasteiger partial charge is 0.192 e. The van der Waals surface area contributed by atoms with Crippen LogP contribution in [0.4, 0.5) is 14.5 Å². The zero-order valence-electron chi connectivity index (χ0n) is 16.5. The third-order valence-corrected chi connectivity index (χ3v) is 4.76. The molecule has 2 heterocycles. The van der Waals surface area contributed by atoms with Gasteiger partial charge in [0.1, 0.15) is 29.7 Å². The van der Waals surface area contributed by atoms with E-state index in [9.17, 15) is 8.78 Å². The van der Waals surface area contributed by atoms with Crippen molar-refractivity contribution in [1.82, 2.24) is 25.4 Å². The van der Waals surface area contributed by atoms with Gasteiger partial charge in [-0.3, -0.25) is 0 Å². The number of rotatable bonds is 6. The molecule has 1 saturated heterocycles. The minimum atomic E-state index is -0.544. The van der Waals surface area contributed by atoms with Gasteiger partial charge in [0.05, 0.1) is 0 Å². The molecular weight excluding hydrogens is 491 g/mol. The van der Waals surface area contributed by atoms with Gasteiger partial charge in [0, 0.05) is 32.7 Å². The number of benzene rings is 1. The highest BCUT2D eigenvalue weighted by molar-refractivity contribution is 14.0. The molecule has 1 fully saturated rings. The van der Waals surface area contributed by atoms with Crippen molar-refractivity contribution in [3.63, 3.8) is 0 Å². The fourth-order valence-corrected chi connectivity index (χ4v) is 3.13. The number of guanidine groups is 1. The first-order chi connectivity index (χ1) is 13.5. The van der Waals surface area contributed by atoms with E-state index in [2.05, 4.69) is 32.4 Å². The number of hydrogen-bond donors (Lipinski definition) is 2. The fraction of sp³-hybridized carbons (Fsp3) is 0.421. The van der Waals surface area contributed by atoms with E-state index in [0.717, 1.165) is 18.1 Å². The van der Waals surface area contributed by atoms with Crippen molar-refractivity contribution in [3.8, 4) is 0 Å². The highest BCUT2D eigenvalue weighted by Gasteiger charge is 2.27. The molecule has 158 valence electrons. The summed E-state index contributed by atoms with van der Waals surface area (Å²) in [6.07, 6.45) is 2.48. The Bertz CT molecular complexity index is 848. The third kappa shape index (κ3) is 5.64. The van der Waals surface area contributed by atoms with Gasteiger partial charge in [0.2, 0.25) is 0 Å². The van der Waals surface area contributed by atoms with Crippen LogP contribution in [0.5, 0.6) is 0 Å². The molecule has 1 atom stereocenters. The molecule has 1 aromatic carbocycles. The summed E-state index contributed by atoms with van der Waals surface area (Å²) >= 11 is 0. The molecule has 0 aliphatic carbocycles. The van der Waals surface area contributed by atoms with Crippen molar-refractivity contribution in [2.75, 3.05) is 24.5 Å². The Balaban J connectivity index is 0.00000300. The van der Waals surface area contributed by atoms with Crippen molar-refractivity contribution < 1.29 is 8.78 Å². The van der Waals surface area contributed by atoms with Crippen LogP contribution in [0.25, 0.3) is 0 Å². The predicted octanol–water partition coefficient (Wildman–Crippen LogP) is 2.52.